The number of ether oxygens (including phenoxy) is 1. The Morgan fingerprint density at radius 1 is 1.08 bits per heavy atom. The van der Waals surface area contributed by atoms with Gasteiger partial charge in [0.1, 0.15) is 11.9 Å². The van der Waals surface area contributed by atoms with Crippen LogP contribution in [0.4, 0.5) is 0 Å². The molecule has 0 bridgehead atoms. The van der Waals surface area contributed by atoms with Crippen molar-refractivity contribution in [3.8, 4) is 0 Å². The quantitative estimate of drug-likeness (QED) is 0.270. The summed E-state index contributed by atoms with van der Waals surface area (Å²) >= 11 is 0. The molecule has 4 saturated carbocycles. The number of rotatable bonds is 5. The number of aliphatic hydroxyl groups is 1. The van der Waals surface area contributed by atoms with Gasteiger partial charge in [-0.3, -0.25) is 9.59 Å². The molecule has 4 aliphatic rings. The Balaban J connectivity index is 1.83. The first-order chi connectivity index (χ1) is 17.2. The highest BCUT2D eigenvalue weighted by Crippen LogP contribution is 2.73. The molecule has 0 spiro atoms. The second kappa shape index (κ2) is 9.66. The van der Waals surface area contributed by atoms with Gasteiger partial charge in [0.15, 0.2) is 0 Å². The SMILES string of the molecule is CC(=O)O[C@H]1C[C@@]2(C)[C@@H](CC(=O)[C@H]3[C@@]4(C)CC[C@@H](O)[C@@H](C)[C@@H]4CC[C@@]32C)/C1=C(\CCC=C(C)C)C(=O)O. The maximum Gasteiger partial charge on any atom is 0.331 e. The molecule has 2 N–H and O–H groups in total. The summed E-state index contributed by atoms with van der Waals surface area (Å²) in [5.74, 6) is -1.14. The number of carbonyl (C=O) groups excluding carboxylic acids is 2. The van der Waals surface area contributed by atoms with Crippen LogP contribution in [0.1, 0.15) is 99.8 Å². The van der Waals surface area contributed by atoms with Gasteiger partial charge >= 0.3 is 11.9 Å². The third-order valence-electron chi connectivity index (χ3n) is 11.3. The fourth-order valence-electron chi connectivity index (χ4n) is 9.47. The molecule has 0 aliphatic heterocycles. The van der Waals surface area contributed by atoms with Gasteiger partial charge in [-0.15, -0.1) is 0 Å². The summed E-state index contributed by atoms with van der Waals surface area (Å²) in [6.45, 7) is 14.2. The highest BCUT2D eigenvalue weighted by Gasteiger charge is 2.71. The monoisotopic (exact) mass is 514 g/mol. The van der Waals surface area contributed by atoms with Crippen LogP contribution >= 0.6 is 0 Å². The van der Waals surface area contributed by atoms with E-state index in [0.717, 1.165) is 24.8 Å². The first kappa shape index (κ1) is 28.1. The smallest absolute Gasteiger partial charge is 0.331 e. The number of aliphatic carboxylic acids is 1. The van der Waals surface area contributed by atoms with E-state index in [9.17, 15) is 24.6 Å². The highest BCUT2D eigenvalue weighted by molar-refractivity contribution is 5.90. The number of carbonyl (C=O) groups is 3. The zero-order valence-corrected chi connectivity index (χ0v) is 23.7. The van der Waals surface area contributed by atoms with E-state index in [1.165, 1.54) is 6.92 Å². The number of hydrogen-bond acceptors (Lipinski definition) is 5. The summed E-state index contributed by atoms with van der Waals surface area (Å²) in [6, 6.07) is 0. The number of ketones is 1. The lowest BCUT2D eigenvalue weighted by Crippen LogP contribution is -2.64. The van der Waals surface area contributed by atoms with E-state index in [2.05, 4.69) is 27.7 Å². The van der Waals surface area contributed by atoms with E-state index in [0.29, 0.717) is 43.3 Å². The van der Waals surface area contributed by atoms with Gasteiger partial charge in [-0.25, -0.2) is 4.79 Å². The number of Topliss-reactive ketones (excluding diaryl/α,β-unsaturated/α-hetero) is 1. The summed E-state index contributed by atoms with van der Waals surface area (Å²) in [6.07, 6.45) is 6.22. The van der Waals surface area contributed by atoms with E-state index < -0.39 is 18.0 Å². The normalized spacial score (nSPS) is 44.3. The van der Waals surface area contributed by atoms with Gasteiger partial charge in [-0.1, -0.05) is 39.3 Å². The van der Waals surface area contributed by atoms with Crippen LogP contribution in [-0.2, 0) is 19.1 Å². The molecule has 0 aromatic rings. The molecule has 0 heterocycles. The lowest BCUT2D eigenvalue weighted by molar-refractivity contribution is -0.198. The third-order valence-corrected chi connectivity index (χ3v) is 11.3. The Kier molecular flexibility index (Phi) is 7.33. The van der Waals surface area contributed by atoms with E-state index >= 15 is 0 Å². The zero-order chi connectivity index (χ0) is 27.5. The first-order valence-electron chi connectivity index (χ1n) is 14.1. The summed E-state index contributed by atoms with van der Waals surface area (Å²) in [5.41, 5.74) is 1.19. The van der Waals surface area contributed by atoms with Crippen LogP contribution in [-0.4, -0.2) is 40.1 Å². The van der Waals surface area contributed by atoms with Crippen molar-refractivity contribution < 1.29 is 29.3 Å². The number of esters is 1. The largest absolute Gasteiger partial charge is 0.478 e. The fraction of sp³-hybridized carbons (Fsp3) is 0.774. The molecule has 0 saturated heterocycles. The molecular formula is C31H46O6. The lowest BCUT2D eigenvalue weighted by Gasteiger charge is -2.66. The van der Waals surface area contributed by atoms with Crippen molar-refractivity contribution in [2.24, 2.45) is 39.9 Å². The molecule has 0 amide bonds. The maximum absolute atomic E-state index is 14.2. The van der Waals surface area contributed by atoms with Crippen LogP contribution in [0.2, 0.25) is 0 Å². The number of carboxylic acid groups (broad SMARTS) is 1. The molecular weight excluding hydrogens is 468 g/mol. The van der Waals surface area contributed by atoms with Crippen LogP contribution in [0.15, 0.2) is 22.8 Å². The molecule has 0 aromatic carbocycles. The summed E-state index contributed by atoms with van der Waals surface area (Å²) in [5, 5.41) is 20.9. The minimum absolute atomic E-state index is 0.147. The molecule has 0 aromatic heterocycles. The molecule has 0 unspecified atom stereocenters. The Morgan fingerprint density at radius 2 is 1.76 bits per heavy atom. The second-order valence-corrected chi connectivity index (χ2v) is 13.5. The van der Waals surface area contributed by atoms with E-state index in [-0.39, 0.29) is 51.8 Å². The van der Waals surface area contributed by atoms with E-state index in [4.69, 9.17) is 4.74 Å². The number of allylic oxidation sites excluding steroid dienone is 2. The van der Waals surface area contributed by atoms with Gasteiger partial charge in [0.25, 0.3) is 0 Å². The van der Waals surface area contributed by atoms with Gasteiger partial charge < -0.3 is 14.9 Å². The molecule has 206 valence electrons. The molecule has 4 fully saturated rings. The Hall–Kier alpha value is -1.95. The standard InChI is InChI=1S/C31H46O6/c1-17(2)9-8-10-20(28(35)36)26-22-15-24(34)27-29(5)13-12-23(33)18(3)21(29)11-14-30(27,6)31(22,7)16-25(26)37-19(4)32/h9,18,21-23,25,27,33H,8,10-16H2,1-7H3,(H,35,36)/b26-20-/t18-,21-,22-,23+,25-,27-,29-,30-,31-/m0/s1. The van der Waals surface area contributed by atoms with Crippen molar-refractivity contribution in [3.05, 3.63) is 22.8 Å². The predicted octanol–water partition coefficient (Wildman–Crippen LogP) is 5.87. The summed E-state index contributed by atoms with van der Waals surface area (Å²) < 4.78 is 5.84. The van der Waals surface area contributed by atoms with E-state index in [1.54, 1.807) is 0 Å². The van der Waals surface area contributed by atoms with E-state index in [1.807, 2.05) is 19.9 Å². The first-order valence-corrected chi connectivity index (χ1v) is 14.1. The van der Waals surface area contributed by atoms with Crippen molar-refractivity contribution in [3.63, 3.8) is 0 Å². The second-order valence-electron chi connectivity index (χ2n) is 13.5. The topological polar surface area (TPSA) is 101 Å². The average molecular weight is 515 g/mol. The molecule has 37 heavy (non-hydrogen) atoms. The summed E-state index contributed by atoms with van der Waals surface area (Å²) in [7, 11) is 0. The molecule has 6 nitrogen and oxygen atoms in total. The average Bonchev–Trinajstić information content (AvgIpc) is 3.05. The zero-order valence-electron chi connectivity index (χ0n) is 23.7. The molecule has 4 aliphatic carbocycles. The van der Waals surface area contributed by atoms with Crippen LogP contribution in [0.25, 0.3) is 0 Å². The van der Waals surface area contributed by atoms with Crippen LogP contribution < -0.4 is 0 Å². The van der Waals surface area contributed by atoms with Gasteiger partial charge in [-0.05, 0) is 98.4 Å². The molecule has 6 heteroatoms. The maximum atomic E-state index is 14.2. The van der Waals surface area contributed by atoms with Crippen LogP contribution in [0.3, 0.4) is 0 Å². The number of fused-ring (bicyclic) bond motifs is 5. The number of aliphatic hydroxyl groups excluding tert-OH is 1. The fourth-order valence-corrected chi connectivity index (χ4v) is 9.47. The number of hydrogen-bond donors (Lipinski definition) is 2. The van der Waals surface area contributed by atoms with Crippen molar-refractivity contribution in [2.45, 2.75) is 112 Å². The van der Waals surface area contributed by atoms with Crippen LogP contribution in [0, 0.1) is 39.9 Å². The summed E-state index contributed by atoms with van der Waals surface area (Å²) in [4.78, 5) is 39.0. The highest BCUT2D eigenvalue weighted by atomic mass is 16.5. The lowest BCUT2D eigenvalue weighted by atomic mass is 9.37. The van der Waals surface area contributed by atoms with Crippen molar-refractivity contribution in [1.82, 2.24) is 0 Å². The Bertz CT molecular complexity index is 1040. The van der Waals surface area contributed by atoms with Gasteiger partial charge in [-0.2, -0.15) is 0 Å². The minimum atomic E-state index is -0.982. The van der Waals surface area contributed by atoms with Crippen molar-refractivity contribution >= 4 is 17.7 Å². The third kappa shape index (κ3) is 4.31. The van der Waals surface area contributed by atoms with Crippen molar-refractivity contribution in [1.29, 1.82) is 0 Å². The Labute approximate surface area is 221 Å². The van der Waals surface area contributed by atoms with Gasteiger partial charge in [0.05, 0.1) is 6.10 Å². The molecule has 0 radical (unpaired) electrons. The van der Waals surface area contributed by atoms with Gasteiger partial charge in [0, 0.05) is 24.8 Å². The van der Waals surface area contributed by atoms with Crippen LogP contribution in [0.5, 0.6) is 0 Å². The van der Waals surface area contributed by atoms with Gasteiger partial charge in [0.2, 0.25) is 0 Å². The molecule has 9 atom stereocenters. The minimum Gasteiger partial charge on any atom is -0.478 e. The predicted molar refractivity (Wildman–Crippen MR) is 142 cm³/mol. The number of carboxylic acids is 1. The molecule has 4 rings (SSSR count). The van der Waals surface area contributed by atoms with Crippen molar-refractivity contribution in [2.75, 3.05) is 0 Å². The Morgan fingerprint density at radius 3 is 2.35 bits per heavy atom.